The first-order chi connectivity index (χ1) is 9.72. The maximum absolute atomic E-state index is 4.56. The molecule has 0 bridgehead atoms. The van der Waals surface area contributed by atoms with E-state index < -0.39 is 0 Å². The average molecular weight is 266 g/mol. The second-order valence-corrected chi connectivity index (χ2v) is 5.10. The average Bonchev–Trinajstić information content (AvgIpc) is 2.91. The molecule has 0 amide bonds. The Morgan fingerprint density at radius 1 is 1.25 bits per heavy atom. The number of benzene rings is 1. The zero-order chi connectivity index (χ0) is 13.9. The van der Waals surface area contributed by atoms with Crippen molar-refractivity contribution in [3.8, 4) is 0 Å². The Hall–Kier alpha value is -2.36. The molecule has 0 spiro atoms. The van der Waals surface area contributed by atoms with Crippen LogP contribution in [0.5, 0.6) is 0 Å². The number of nitrogens with zero attached hydrogens (tertiary/aromatic N) is 3. The van der Waals surface area contributed by atoms with Gasteiger partial charge < -0.3 is 5.32 Å². The largest absolute Gasteiger partial charge is 0.380 e. The van der Waals surface area contributed by atoms with Crippen LogP contribution in [0.2, 0.25) is 0 Å². The summed E-state index contributed by atoms with van der Waals surface area (Å²) >= 11 is 0. The summed E-state index contributed by atoms with van der Waals surface area (Å²) in [5, 5.41) is 8.96. The fourth-order valence-electron chi connectivity index (χ4n) is 2.43. The molecule has 0 aliphatic carbocycles. The van der Waals surface area contributed by atoms with Crippen molar-refractivity contribution in [1.29, 1.82) is 0 Å². The first kappa shape index (κ1) is 12.7. The highest BCUT2D eigenvalue weighted by molar-refractivity contribution is 5.91. The maximum Gasteiger partial charge on any atom is 0.0725 e. The van der Waals surface area contributed by atoms with Gasteiger partial charge in [0.05, 0.1) is 12.1 Å². The molecule has 4 heteroatoms. The van der Waals surface area contributed by atoms with Gasteiger partial charge in [0, 0.05) is 35.2 Å². The molecule has 0 saturated carbocycles. The van der Waals surface area contributed by atoms with Crippen molar-refractivity contribution in [3.05, 3.63) is 54.5 Å². The van der Waals surface area contributed by atoms with Gasteiger partial charge >= 0.3 is 0 Å². The number of hydrogen-bond acceptors (Lipinski definition) is 3. The Morgan fingerprint density at radius 3 is 2.90 bits per heavy atom. The molecule has 0 radical (unpaired) electrons. The van der Waals surface area contributed by atoms with Crippen molar-refractivity contribution in [2.45, 2.75) is 26.4 Å². The molecule has 0 fully saturated rings. The Bertz CT molecular complexity index is 704. The molecule has 3 rings (SSSR count). The fourth-order valence-corrected chi connectivity index (χ4v) is 2.43. The van der Waals surface area contributed by atoms with Gasteiger partial charge in [0.1, 0.15) is 0 Å². The summed E-state index contributed by atoms with van der Waals surface area (Å²) in [6.45, 7) is 5.02. The molecular weight excluding hydrogens is 248 g/mol. The van der Waals surface area contributed by atoms with Gasteiger partial charge in [-0.05, 0) is 32.0 Å². The van der Waals surface area contributed by atoms with Crippen molar-refractivity contribution in [3.63, 3.8) is 0 Å². The van der Waals surface area contributed by atoms with Crippen LogP contribution in [0.4, 0.5) is 5.69 Å². The van der Waals surface area contributed by atoms with Gasteiger partial charge in [-0.15, -0.1) is 0 Å². The number of para-hydroxylation sites is 1. The molecule has 2 aromatic heterocycles. The smallest absolute Gasteiger partial charge is 0.0725 e. The van der Waals surface area contributed by atoms with E-state index >= 15 is 0 Å². The van der Waals surface area contributed by atoms with Crippen LogP contribution in [0.25, 0.3) is 10.9 Å². The van der Waals surface area contributed by atoms with Crippen LogP contribution < -0.4 is 5.32 Å². The van der Waals surface area contributed by atoms with E-state index in [0.717, 1.165) is 28.8 Å². The first-order valence-corrected chi connectivity index (χ1v) is 6.83. The van der Waals surface area contributed by atoms with Gasteiger partial charge in [0.2, 0.25) is 0 Å². The highest BCUT2D eigenvalue weighted by atomic mass is 15.3. The molecule has 4 nitrogen and oxygen atoms in total. The summed E-state index contributed by atoms with van der Waals surface area (Å²) in [4.78, 5) is 4.56. The molecule has 0 saturated heterocycles. The van der Waals surface area contributed by atoms with Crippen LogP contribution in [0.1, 0.15) is 12.6 Å². The number of anilines is 1. The van der Waals surface area contributed by atoms with Gasteiger partial charge in [-0.25, -0.2) is 0 Å². The SMILES string of the molecule is Cc1cc(NC(C)Cn2cccn2)c2ccccc2n1. The molecular formula is C16H18N4. The van der Waals surface area contributed by atoms with Crippen molar-refractivity contribution in [2.24, 2.45) is 0 Å². The van der Waals surface area contributed by atoms with E-state index in [9.17, 15) is 0 Å². The third kappa shape index (κ3) is 2.64. The van der Waals surface area contributed by atoms with E-state index in [-0.39, 0.29) is 0 Å². The van der Waals surface area contributed by atoms with Crippen molar-refractivity contribution >= 4 is 16.6 Å². The number of fused-ring (bicyclic) bond motifs is 1. The van der Waals surface area contributed by atoms with E-state index in [1.165, 1.54) is 0 Å². The van der Waals surface area contributed by atoms with Crippen LogP contribution in [0, 0.1) is 6.92 Å². The molecule has 20 heavy (non-hydrogen) atoms. The Kier molecular flexibility index (Phi) is 3.37. The molecule has 2 heterocycles. The zero-order valence-corrected chi connectivity index (χ0v) is 11.7. The minimum atomic E-state index is 0.292. The summed E-state index contributed by atoms with van der Waals surface area (Å²) < 4.78 is 1.94. The second-order valence-electron chi connectivity index (χ2n) is 5.10. The van der Waals surface area contributed by atoms with Crippen LogP contribution in [-0.2, 0) is 6.54 Å². The van der Waals surface area contributed by atoms with Gasteiger partial charge in [0.25, 0.3) is 0 Å². The van der Waals surface area contributed by atoms with Crippen molar-refractivity contribution in [1.82, 2.24) is 14.8 Å². The van der Waals surface area contributed by atoms with Gasteiger partial charge in [-0.3, -0.25) is 9.67 Å². The van der Waals surface area contributed by atoms with E-state index in [1.807, 2.05) is 42.1 Å². The molecule has 102 valence electrons. The molecule has 0 aliphatic rings. The molecule has 1 aromatic carbocycles. The Morgan fingerprint density at radius 2 is 2.10 bits per heavy atom. The quantitative estimate of drug-likeness (QED) is 0.788. The number of aromatic nitrogens is 3. The molecule has 3 aromatic rings. The number of hydrogen-bond donors (Lipinski definition) is 1. The van der Waals surface area contributed by atoms with E-state index in [2.05, 4.69) is 34.5 Å². The van der Waals surface area contributed by atoms with E-state index in [4.69, 9.17) is 0 Å². The van der Waals surface area contributed by atoms with E-state index in [1.54, 1.807) is 6.20 Å². The standard InChI is InChI=1S/C16H18N4/c1-12-10-16(14-6-3-4-7-15(14)18-12)19-13(2)11-20-9-5-8-17-20/h3-10,13H,11H2,1-2H3,(H,18,19). The maximum atomic E-state index is 4.56. The monoisotopic (exact) mass is 266 g/mol. The lowest BCUT2D eigenvalue weighted by Crippen LogP contribution is -2.22. The minimum absolute atomic E-state index is 0.292. The third-order valence-electron chi connectivity index (χ3n) is 3.27. The minimum Gasteiger partial charge on any atom is -0.380 e. The number of nitrogens with one attached hydrogen (secondary N) is 1. The number of pyridine rings is 1. The third-order valence-corrected chi connectivity index (χ3v) is 3.27. The zero-order valence-electron chi connectivity index (χ0n) is 11.7. The predicted octanol–water partition coefficient (Wildman–Crippen LogP) is 3.24. The lowest BCUT2D eigenvalue weighted by atomic mass is 10.1. The van der Waals surface area contributed by atoms with Crippen molar-refractivity contribution < 1.29 is 0 Å². The highest BCUT2D eigenvalue weighted by Crippen LogP contribution is 2.23. The summed E-state index contributed by atoms with van der Waals surface area (Å²) in [5.74, 6) is 0. The highest BCUT2D eigenvalue weighted by Gasteiger charge is 2.07. The number of aryl methyl sites for hydroxylation is 1. The normalized spacial score (nSPS) is 12.5. The van der Waals surface area contributed by atoms with Crippen LogP contribution in [0.3, 0.4) is 0 Å². The fraction of sp³-hybridized carbons (Fsp3) is 0.250. The summed E-state index contributed by atoms with van der Waals surface area (Å²) in [5.41, 5.74) is 3.19. The van der Waals surface area contributed by atoms with E-state index in [0.29, 0.717) is 6.04 Å². The van der Waals surface area contributed by atoms with Gasteiger partial charge in [-0.2, -0.15) is 5.10 Å². The molecule has 1 atom stereocenters. The summed E-state index contributed by atoms with van der Waals surface area (Å²) in [7, 11) is 0. The topological polar surface area (TPSA) is 42.7 Å². The lowest BCUT2D eigenvalue weighted by Gasteiger charge is -2.17. The molecule has 0 aliphatic heterocycles. The number of rotatable bonds is 4. The lowest BCUT2D eigenvalue weighted by molar-refractivity contribution is 0.561. The van der Waals surface area contributed by atoms with Gasteiger partial charge in [-0.1, -0.05) is 18.2 Å². The summed E-state index contributed by atoms with van der Waals surface area (Å²) in [6.07, 6.45) is 3.78. The summed E-state index contributed by atoms with van der Waals surface area (Å²) in [6, 6.07) is 12.5. The Labute approximate surface area is 118 Å². The van der Waals surface area contributed by atoms with Crippen LogP contribution in [0.15, 0.2) is 48.8 Å². The Balaban J connectivity index is 1.86. The molecule has 1 N–H and O–H groups in total. The van der Waals surface area contributed by atoms with Crippen LogP contribution in [-0.4, -0.2) is 20.8 Å². The second kappa shape index (κ2) is 5.33. The molecule has 1 unspecified atom stereocenters. The van der Waals surface area contributed by atoms with Crippen LogP contribution >= 0.6 is 0 Å². The predicted molar refractivity (Wildman–Crippen MR) is 81.8 cm³/mol. The van der Waals surface area contributed by atoms with Gasteiger partial charge in [0.15, 0.2) is 0 Å². The van der Waals surface area contributed by atoms with Crippen molar-refractivity contribution in [2.75, 3.05) is 5.32 Å². The first-order valence-electron chi connectivity index (χ1n) is 6.83.